The molecule has 0 aromatic heterocycles. The molecule has 2 rings (SSSR count). The van der Waals surface area contributed by atoms with Gasteiger partial charge in [-0.3, -0.25) is 9.59 Å². The van der Waals surface area contributed by atoms with E-state index in [9.17, 15) is 9.59 Å². The zero-order valence-corrected chi connectivity index (χ0v) is 10.7. The van der Waals surface area contributed by atoms with Crippen molar-refractivity contribution in [2.75, 3.05) is 19.7 Å². The third-order valence-electron chi connectivity index (χ3n) is 3.97. The van der Waals surface area contributed by atoms with E-state index in [0.29, 0.717) is 25.2 Å². The van der Waals surface area contributed by atoms with Gasteiger partial charge in [-0.05, 0) is 31.6 Å². The predicted molar refractivity (Wildman–Crippen MR) is 66.8 cm³/mol. The van der Waals surface area contributed by atoms with Crippen molar-refractivity contribution in [3.63, 3.8) is 0 Å². The van der Waals surface area contributed by atoms with Gasteiger partial charge in [-0.2, -0.15) is 0 Å². The van der Waals surface area contributed by atoms with Crippen LogP contribution in [0.3, 0.4) is 0 Å². The van der Waals surface area contributed by atoms with E-state index in [2.05, 4.69) is 5.32 Å². The van der Waals surface area contributed by atoms with Crippen LogP contribution < -0.4 is 5.32 Å². The lowest BCUT2D eigenvalue weighted by molar-refractivity contribution is -0.134. The summed E-state index contributed by atoms with van der Waals surface area (Å²) >= 11 is 0. The van der Waals surface area contributed by atoms with Crippen molar-refractivity contribution >= 4 is 11.8 Å². The molecule has 0 aromatic rings. The van der Waals surface area contributed by atoms with E-state index in [4.69, 9.17) is 5.11 Å². The molecule has 102 valence electrons. The second kappa shape index (κ2) is 6.18. The Labute approximate surface area is 108 Å². The summed E-state index contributed by atoms with van der Waals surface area (Å²) in [6, 6.07) is 0.271. The number of aliphatic hydroxyl groups is 1. The number of amides is 2. The van der Waals surface area contributed by atoms with Crippen LogP contribution in [0.1, 0.15) is 38.5 Å². The van der Waals surface area contributed by atoms with Crippen molar-refractivity contribution < 1.29 is 14.7 Å². The van der Waals surface area contributed by atoms with Crippen LogP contribution in [0.4, 0.5) is 0 Å². The van der Waals surface area contributed by atoms with E-state index in [-0.39, 0.29) is 24.5 Å². The largest absolute Gasteiger partial charge is 0.396 e. The van der Waals surface area contributed by atoms with Crippen molar-refractivity contribution in [2.45, 2.75) is 44.6 Å². The number of carbonyl (C=O) groups excluding carboxylic acids is 2. The number of piperidine rings is 2. The Morgan fingerprint density at radius 2 is 2.22 bits per heavy atom. The van der Waals surface area contributed by atoms with Gasteiger partial charge in [0.15, 0.2) is 0 Å². The minimum Gasteiger partial charge on any atom is -0.396 e. The monoisotopic (exact) mass is 254 g/mol. The number of carbonyl (C=O) groups is 2. The smallest absolute Gasteiger partial charge is 0.222 e. The predicted octanol–water partition coefficient (Wildman–Crippen LogP) is 0.276. The molecule has 2 fully saturated rings. The molecule has 2 amide bonds. The summed E-state index contributed by atoms with van der Waals surface area (Å²) in [5.74, 6) is 0.774. The summed E-state index contributed by atoms with van der Waals surface area (Å²) in [6.45, 7) is 1.69. The topological polar surface area (TPSA) is 69.6 Å². The van der Waals surface area contributed by atoms with Crippen LogP contribution in [0.5, 0.6) is 0 Å². The number of unbranched alkanes of at least 4 members (excludes halogenated alkanes) is 1. The van der Waals surface area contributed by atoms with E-state index >= 15 is 0 Å². The zero-order chi connectivity index (χ0) is 13.0. The number of aliphatic hydroxyl groups excluding tert-OH is 1. The third-order valence-corrected chi connectivity index (χ3v) is 3.97. The molecule has 5 heteroatoms. The van der Waals surface area contributed by atoms with Crippen LogP contribution in [0.15, 0.2) is 0 Å². The number of nitrogens with one attached hydrogen (secondary N) is 1. The van der Waals surface area contributed by atoms with Gasteiger partial charge in [-0.15, -0.1) is 0 Å². The normalized spacial score (nSPS) is 27.6. The Bertz CT molecular complexity index is 319. The molecule has 2 N–H and O–H groups in total. The first-order valence-electron chi connectivity index (χ1n) is 6.88. The lowest BCUT2D eigenvalue weighted by atomic mass is 9.85. The lowest BCUT2D eigenvalue weighted by Gasteiger charge is -2.41. The van der Waals surface area contributed by atoms with E-state index in [1.807, 2.05) is 4.90 Å². The van der Waals surface area contributed by atoms with Gasteiger partial charge in [0.1, 0.15) is 0 Å². The van der Waals surface area contributed by atoms with Gasteiger partial charge in [0.25, 0.3) is 0 Å². The molecule has 0 spiro atoms. The highest BCUT2D eigenvalue weighted by molar-refractivity contribution is 5.78. The second-order valence-electron chi connectivity index (χ2n) is 5.28. The molecule has 0 radical (unpaired) electrons. The molecule has 0 saturated carbocycles. The van der Waals surface area contributed by atoms with E-state index in [1.165, 1.54) is 0 Å². The first kappa shape index (κ1) is 13.3. The number of hydrogen-bond donors (Lipinski definition) is 2. The Morgan fingerprint density at radius 1 is 1.39 bits per heavy atom. The highest BCUT2D eigenvalue weighted by Crippen LogP contribution is 2.25. The maximum Gasteiger partial charge on any atom is 0.222 e. The van der Waals surface area contributed by atoms with Crippen molar-refractivity contribution in [3.05, 3.63) is 0 Å². The van der Waals surface area contributed by atoms with Gasteiger partial charge < -0.3 is 15.3 Å². The molecule has 18 heavy (non-hydrogen) atoms. The second-order valence-corrected chi connectivity index (χ2v) is 5.28. The van der Waals surface area contributed by atoms with Gasteiger partial charge in [0.2, 0.25) is 11.8 Å². The third kappa shape index (κ3) is 3.22. The summed E-state index contributed by atoms with van der Waals surface area (Å²) in [7, 11) is 0. The molecule has 2 aliphatic heterocycles. The Balaban J connectivity index is 1.79. The Morgan fingerprint density at radius 3 is 3.00 bits per heavy atom. The summed E-state index contributed by atoms with van der Waals surface area (Å²) in [4.78, 5) is 25.2. The minimum absolute atomic E-state index is 0.152. The van der Waals surface area contributed by atoms with E-state index in [1.54, 1.807) is 0 Å². The average Bonchev–Trinajstić information content (AvgIpc) is 2.38. The molecular formula is C13H22N2O3. The van der Waals surface area contributed by atoms with Crippen LogP contribution in [0.25, 0.3) is 0 Å². The molecule has 0 aliphatic carbocycles. The molecular weight excluding hydrogens is 232 g/mol. The maximum atomic E-state index is 12.0. The van der Waals surface area contributed by atoms with Gasteiger partial charge in [0, 0.05) is 38.6 Å². The molecule has 5 nitrogen and oxygen atoms in total. The Hall–Kier alpha value is -1.10. The molecule has 0 bridgehead atoms. The van der Waals surface area contributed by atoms with Crippen molar-refractivity contribution in [1.29, 1.82) is 0 Å². The zero-order valence-electron chi connectivity index (χ0n) is 10.7. The van der Waals surface area contributed by atoms with E-state index < -0.39 is 0 Å². The molecule has 2 atom stereocenters. The first-order chi connectivity index (χ1) is 8.70. The van der Waals surface area contributed by atoms with Crippen LogP contribution in [-0.4, -0.2) is 47.6 Å². The van der Waals surface area contributed by atoms with Crippen LogP contribution in [0.2, 0.25) is 0 Å². The summed E-state index contributed by atoms with van der Waals surface area (Å²) in [5.41, 5.74) is 0. The fraction of sp³-hybridized carbons (Fsp3) is 0.846. The SMILES string of the molecule is O=C1CCC2CN(C(=O)CCCCO)CCC2N1. The fourth-order valence-electron chi connectivity index (χ4n) is 2.88. The number of likely N-dealkylation sites (tertiary alicyclic amines) is 1. The highest BCUT2D eigenvalue weighted by Gasteiger charge is 2.34. The quantitative estimate of drug-likeness (QED) is 0.708. The van der Waals surface area contributed by atoms with Crippen LogP contribution in [0, 0.1) is 5.92 Å². The fourth-order valence-corrected chi connectivity index (χ4v) is 2.88. The molecule has 2 aliphatic rings. The maximum absolute atomic E-state index is 12.0. The van der Waals surface area contributed by atoms with Crippen molar-refractivity contribution in [2.24, 2.45) is 5.92 Å². The average molecular weight is 254 g/mol. The first-order valence-corrected chi connectivity index (χ1v) is 6.88. The molecule has 2 saturated heterocycles. The van der Waals surface area contributed by atoms with Crippen LogP contribution >= 0.6 is 0 Å². The highest BCUT2D eigenvalue weighted by atomic mass is 16.3. The van der Waals surface area contributed by atoms with Gasteiger partial charge in [0.05, 0.1) is 0 Å². The summed E-state index contributed by atoms with van der Waals surface area (Å²) in [5, 5.41) is 11.7. The van der Waals surface area contributed by atoms with Gasteiger partial charge in [-0.1, -0.05) is 0 Å². The molecule has 2 unspecified atom stereocenters. The van der Waals surface area contributed by atoms with Gasteiger partial charge in [-0.25, -0.2) is 0 Å². The standard InChI is InChI=1S/C13H22N2O3/c16-8-2-1-3-13(18)15-7-6-11-10(9-15)4-5-12(17)14-11/h10-11,16H,1-9H2,(H,14,17). The number of hydrogen-bond acceptors (Lipinski definition) is 3. The number of fused-ring (bicyclic) bond motifs is 1. The minimum atomic E-state index is 0.152. The summed E-state index contributed by atoms with van der Waals surface area (Å²) < 4.78 is 0. The van der Waals surface area contributed by atoms with E-state index in [0.717, 1.165) is 32.4 Å². The number of nitrogens with zero attached hydrogens (tertiary/aromatic N) is 1. The van der Waals surface area contributed by atoms with Crippen molar-refractivity contribution in [3.8, 4) is 0 Å². The molecule has 0 aromatic carbocycles. The molecule has 2 heterocycles. The van der Waals surface area contributed by atoms with Crippen molar-refractivity contribution in [1.82, 2.24) is 10.2 Å². The van der Waals surface area contributed by atoms with Gasteiger partial charge >= 0.3 is 0 Å². The number of rotatable bonds is 4. The summed E-state index contributed by atoms with van der Waals surface area (Å²) in [6.07, 6.45) is 4.36. The van der Waals surface area contributed by atoms with Crippen LogP contribution in [-0.2, 0) is 9.59 Å². The lowest BCUT2D eigenvalue weighted by Crippen LogP contribution is -2.55. The Kier molecular flexibility index (Phi) is 4.58.